The maximum absolute atomic E-state index is 10.5. The Kier molecular flexibility index (Phi) is 3.64. The largest absolute Gasteiger partial charge is 0.399 e. The summed E-state index contributed by atoms with van der Waals surface area (Å²) in [5.41, 5.74) is 3.28. The monoisotopic (exact) mass is 317 g/mol. The summed E-state index contributed by atoms with van der Waals surface area (Å²) in [6.07, 6.45) is 11.8. The van der Waals surface area contributed by atoms with Crippen LogP contribution in [0.4, 0.5) is 0 Å². The minimum atomic E-state index is -0.0648. The third kappa shape index (κ3) is 2.15. The first-order valence-corrected chi connectivity index (χ1v) is 9.48. The highest BCUT2D eigenvalue weighted by molar-refractivity contribution is 5.96. The van der Waals surface area contributed by atoms with Crippen LogP contribution in [0.1, 0.15) is 65.2 Å². The van der Waals surface area contributed by atoms with Gasteiger partial charge in [-0.2, -0.15) is 0 Å². The quantitative estimate of drug-likeness (QED) is 0.732. The summed E-state index contributed by atoms with van der Waals surface area (Å²) in [6.45, 7) is 4.87. The van der Waals surface area contributed by atoms with Gasteiger partial charge in [0.2, 0.25) is 0 Å². The molecule has 0 amide bonds. The molecule has 0 aromatic heterocycles. The van der Waals surface area contributed by atoms with Crippen LogP contribution < -0.4 is 0 Å². The second-order valence-corrected chi connectivity index (χ2v) is 8.91. The molecule has 4 rings (SSSR count). The SMILES string of the molecule is CO/N=C1/C=C2CCC3C(CCC4(C)C(O)CCC34)C2(C)CC1. The van der Waals surface area contributed by atoms with Crippen molar-refractivity contribution < 1.29 is 9.94 Å². The van der Waals surface area contributed by atoms with E-state index in [4.69, 9.17) is 4.84 Å². The van der Waals surface area contributed by atoms with Gasteiger partial charge in [-0.25, -0.2) is 0 Å². The molecule has 0 spiro atoms. The number of hydrogen-bond donors (Lipinski definition) is 1. The predicted molar refractivity (Wildman–Crippen MR) is 92.2 cm³/mol. The molecule has 0 bridgehead atoms. The molecular formula is C20H31NO2. The van der Waals surface area contributed by atoms with Crippen molar-refractivity contribution in [1.29, 1.82) is 0 Å². The summed E-state index contributed by atoms with van der Waals surface area (Å²) in [5, 5.41) is 14.7. The van der Waals surface area contributed by atoms with E-state index in [0.29, 0.717) is 5.41 Å². The molecule has 23 heavy (non-hydrogen) atoms. The Labute approximate surface area is 140 Å². The molecule has 0 aromatic carbocycles. The van der Waals surface area contributed by atoms with Crippen molar-refractivity contribution >= 4 is 5.71 Å². The maximum Gasteiger partial charge on any atom is 0.106 e. The van der Waals surface area contributed by atoms with Gasteiger partial charge in [-0.15, -0.1) is 0 Å². The molecule has 3 nitrogen and oxygen atoms in total. The van der Waals surface area contributed by atoms with Crippen molar-refractivity contribution in [2.45, 2.75) is 71.3 Å². The van der Waals surface area contributed by atoms with Crippen LogP contribution in [0.25, 0.3) is 0 Å². The van der Waals surface area contributed by atoms with Crippen molar-refractivity contribution in [2.24, 2.45) is 33.7 Å². The van der Waals surface area contributed by atoms with Gasteiger partial charge in [-0.1, -0.05) is 24.6 Å². The molecule has 4 aliphatic carbocycles. The van der Waals surface area contributed by atoms with Gasteiger partial charge in [0, 0.05) is 0 Å². The zero-order valence-electron chi connectivity index (χ0n) is 14.8. The number of aliphatic hydroxyl groups is 1. The van der Waals surface area contributed by atoms with Crippen LogP contribution in [0, 0.1) is 28.6 Å². The van der Waals surface area contributed by atoms with E-state index in [0.717, 1.165) is 36.3 Å². The van der Waals surface area contributed by atoms with Crippen molar-refractivity contribution in [2.75, 3.05) is 7.11 Å². The summed E-state index contributed by atoms with van der Waals surface area (Å²) in [7, 11) is 1.64. The van der Waals surface area contributed by atoms with E-state index in [1.54, 1.807) is 12.7 Å². The third-order valence-corrected chi connectivity index (χ3v) is 8.14. The summed E-state index contributed by atoms with van der Waals surface area (Å²) in [6, 6.07) is 0. The number of hydrogen-bond acceptors (Lipinski definition) is 3. The Morgan fingerprint density at radius 3 is 2.70 bits per heavy atom. The Hall–Kier alpha value is -0.830. The first-order valence-electron chi connectivity index (χ1n) is 9.48. The second-order valence-electron chi connectivity index (χ2n) is 8.91. The molecule has 0 aliphatic heterocycles. The average Bonchev–Trinajstić information content (AvgIpc) is 2.84. The lowest BCUT2D eigenvalue weighted by molar-refractivity contribution is -0.0722. The molecule has 0 aromatic rings. The van der Waals surface area contributed by atoms with Gasteiger partial charge < -0.3 is 9.94 Å². The number of allylic oxidation sites excluding steroid dienone is 2. The molecule has 0 saturated heterocycles. The lowest BCUT2D eigenvalue weighted by atomic mass is 9.47. The van der Waals surface area contributed by atoms with Crippen molar-refractivity contribution in [3.05, 3.63) is 11.6 Å². The van der Waals surface area contributed by atoms with E-state index in [9.17, 15) is 5.11 Å². The molecule has 6 atom stereocenters. The van der Waals surface area contributed by atoms with Crippen molar-refractivity contribution in [3.8, 4) is 0 Å². The first-order chi connectivity index (χ1) is 11.0. The van der Waals surface area contributed by atoms with Crippen molar-refractivity contribution in [3.63, 3.8) is 0 Å². The minimum absolute atomic E-state index is 0.0648. The first kappa shape index (κ1) is 15.7. The Balaban J connectivity index is 1.65. The molecule has 6 unspecified atom stereocenters. The number of rotatable bonds is 1. The van der Waals surface area contributed by atoms with E-state index < -0.39 is 0 Å². The van der Waals surface area contributed by atoms with E-state index in [2.05, 4.69) is 25.1 Å². The van der Waals surface area contributed by atoms with Gasteiger partial charge in [0.15, 0.2) is 0 Å². The molecule has 3 fully saturated rings. The van der Waals surface area contributed by atoms with E-state index in [1.807, 2.05) is 0 Å². The summed E-state index contributed by atoms with van der Waals surface area (Å²) in [4.78, 5) is 5.00. The minimum Gasteiger partial charge on any atom is -0.399 e. The lowest BCUT2D eigenvalue weighted by Crippen LogP contribution is -2.51. The summed E-state index contributed by atoms with van der Waals surface area (Å²) < 4.78 is 0. The zero-order chi connectivity index (χ0) is 16.2. The van der Waals surface area contributed by atoms with Crippen LogP contribution in [-0.2, 0) is 4.84 Å². The molecule has 4 aliphatic rings. The Morgan fingerprint density at radius 2 is 1.91 bits per heavy atom. The van der Waals surface area contributed by atoms with E-state index in [1.165, 1.54) is 38.5 Å². The number of nitrogens with zero attached hydrogens (tertiary/aromatic N) is 1. The van der Waals surface area contributed by atoms with Crippen LogP contribution in [-0.4, -0.2) is 24.0 Å². The van der Waals surface area contributed by atoms with Crippen LogP contribution in [0.3, 0.4) is 0 Å². The van der Waals surface area contributed by atoms with Crippen LogP contribution in [0.2, 0.25) is 0 Å². The van der Waals surface area contributed by atoms with Crippen LogP contribution in [0.5, 0.6) is 0 Å². The standard InChI is InChI=1S/C20H31NO2/c1-19-10-8-14(21-23-3)12-13(19)4-5-15-16-6-7-18(22)20(16,2)11-9-17(15)19/h12,15-18,22H,4-11H2,1-3H3/b21-14+. The molecule has 1 N–H and O–H groups in total. The lowest BCUT2D eigenvalue weighted by Gasteiger charge is -2.57. The van der Waals surface area contributed by atoms with Crippen LogP contribution in [0.15, 0.2) is 16.8 Å². The Morgan fingerprint density at radius 1 is 1.09 bits per heavy atom. The average molecular weight is 317 g/mol. The fourth-order valence-electron chi connectivity index (χ4n) is 6.73. The van der Waals surface area contributed by atoms with Crippen LogP contribution >= 0.6 is 0 Å². The molecule has 0 heterocycles. The third-order valence-electron chi connectivity index (χ3n) is 8.14. The van der Waals surface area contributed by atoms with Gasteiger partial charge in [-0.05, 0) is 86.0 Å². The molecular weight excluding hydrogens is 286 g/mol. The molecule has 3 heteroatoms. The van der Waals surface area contributed by atoms with Gasteiger partial charge in [0.25, 0.3) is 0 Å². The van der Waals surface area contributed by atoms with Gasteiger partial charge in [-0.3, -0.25) is 0 Å². The van der Waals surface area contributed by atoms with E-state index >= 15 is 0 Å². The maximum atomic E-state index is 10.5. The smallest absolute Gasteiger partial charge is 0.106 e. The molecule has 0 radical (unpaired) electrons. The van der Waals surface area contributed by atoms with E-state index in [-0.39, 0.29) is 11.5 Å². The van der Waals surface area contributed by atoms with Crippen molar-refractivity contribution in [1.82, 2.24) is 0 Å². The predicted octanol–water partition coefficient (Wildman–Crippen LogP) is 4.31. The highest BCUT2D eigenvalue weighted by Gasteiger charge is 2.58. The molecule has 3 saturated carbocycles. The highest BCUT2D eigenvalue weighted by atomic mass is 16.6. The summed E-state index contributed by atoms with van der Waals surface area (Å²) >= 11 is 0. The number of oxime groups is 1. The van der Waals surface area contributed by atoms with Gasteiger partial charge >= 0.3 is 0 Å². The molecule has 128 valence electrons. The second kappa shape index (κ2) is 5.34. The topological polar surface area (TPSA) is 41.8 Å². The fraction of sp³-hybridized carbons (Fsp3) is 0.850. The van der Waals surface area contributed by atoms with Gasteiger partial charge in [0.1, 0.15) is 7.11 Å². The number of fused-ring (bicyclic) bond motifs is 5. The normalized spacial score (nSPS) is 50.8. The Bertz CT molecular complexity index is 554. The zero-order valence-corrected chi connectivity index (χ0v) is 14.8. The number of aliphatic hydroxyl groups excluding tert-OH is 1. The highest BCUT2D eigenvalue weighted by Crippen LogP contribution is 2.65. The fourth-order valence-corrected chi connectivity index (χ4v) is 6.73. The summed E-state index contributed by atoms with van der Waals surface area (Å²) in [5.74, 6) is 2.35. The van der Waals surface area contributed by atoms with Gasteiger partial charge in [0.05, 0.1) is 11.8 Å².